The minimum Gasteiger partial charge on any atom is -0.497 e. The first kappa shape index (κ1) is 17.7. The molecule has 2 aliphatic heterocycles. The molecule has 0 saturated heterocycles. The number of hydrogen-bond acceptors (Lipinski definition) is 6. The molecule has 3 heterocycles. The first-order valence-electron chi connectivity index (χ1n) is 9.74. The van der Waals surface area contributed by atoms with E-state index in [0.717, 1.165) is 46.3 Å². The maximum absolute atomic E-state index is 6.48. The lowest BCUT2D eigenvalue weighted by Crippen LogP contribution is -2.33. The zero-order chi connectivity index (χ0) is 19.8. The number of para-hydroxylation sites is 1. The predicted octanol–water partition coefficient (Wildman–Crippen LogP) is 4.93. The van der Waals surface area contributed by atoms with Crippen molar-refractivity contribution in [1.29, 1.82) is 0 Å². The van der Waals surface area contributed by atoms with Crippen LogP contribution in [-0.2, 0) is 0 Å². The van der Waals surface area contributed by atoms with Crippen LogP contribution in [-0.4, -0.2) is 24.4 Å². The van der Waals surface area contributed by atoms with E-state index in [9.17, 15) is 0 Å². The molecule has 148 valence electrons. The summed E-state index contributed by atoms with van der Waals surface area (Å²) >= 11 is 0. The summed E-state index contributed by atoms with van der Waals surface area (Å²) in [5, 5.41) is 6.91. The van der Waals surface area contributed by atoms with Gasteiger partial charge in [0, 0.05) is 17.5 Å². The Labute approximate surface area is 169 Å². The van der Waals surface area contributed by atoms with Crippen LogP contribution >= 0.6 is 0 Å². The van der Waals surface area contributed by atoms with Crippen molar-refractivity contribution in [3.05, 3.63) is 77.7 Å². The molecule has 0 amide bonds. The molecule has 0 unspecified atom stereocenters. The van der Waals surface area contributed by atoms with Crippen LogP contribution in [0.1, 0.15) is 42.5 Å². The summed E-state index contributed by atoms with van der Waals surface area (Å²) < 4.78 is 23.2. The number of furan rings is 1. The Morgan fingerprint density at radius 3 is 2.69 bits per heavy atom. The Bertz CT molecular complexity index is 1030. The van der Waals surface area contributed by atoms with Gasteiger partial charge in [-0.05, 0) is 49.4 Å². The molecule has 6 nitrogen and oxygen atoms in total. The van der Waals surface area contributed by atoms with E-state index in [0.29, 0.717) is 6.61 Å². The van der Waals surface area contributed by atoms with Crippen LogP contribution in [0.25, 0.3) is 0 Å². The molecule has 0 N–H and O–H groups in total. The number of ether oxygens (including phenoxy) is 3. The molecule has 0 aliphatic carbocycles. The van der Waals surface area contributed by atoms with Gasteiger partial charge in [0.1, 0.15) is 17.2 Å². The van der Waals surface area contributed by atoms with Gasteiger partial charge in [-0.15, -0.1) is 0 Å². The molecule has 2 atom stereocenters. The number of hydrazone groups is 1. The highest BCUT2D eigenvalue weighted by Crippen LogP contribution is 2.50. The van der Waals surface area contributed by atoms with Crippen molar-refractivity contribution in [1.82, 2.24) is 5.01 Å². The monoisotopic (exact) mass is 390 g/mol. The zero-order valence-electron chi connectivity index (χ0n) is 16.4. The SMILES string of the molecule is CCOc1cccc2c1O[C@@H](c1ccc(OC)cc1)N1N=C(c3ccco3)C[C@H]21. The van der Waals surface area contributed by atoms with Crippen molar-refractivity contribution in [2.75, 3.05) is 13.7 Å². The molecule has 0 saturated carbocycles. The standard InChI is InChI=1S/C23H22N2O4/c1-3-27-21-7-4-6-17-19-14-18(20-8-5-13-28-20)24-25(19)23(29-22(17)21)15-9-11-16(26-2)12-10-15/h4-13,19,23H,3,14H2,1-2H3/t19-,23+/m1/s1. The Morgan fingerprint density at radius 1 is 1.10 bits per heavy atom. The average molecular weight is 390 g/mol. The smallest absolute Gasteiger partial charge is 0.214 e. The Kier molecular flexibility index (Phi) is 4.39. The molecule has 2 aliphatic rings. The number of nitrogens with zero attached hydrogens (tertiary/aromatic N) is 2. The van der Waals surface area contributed by atoms with Crippen molar-refractivity contribution in [3.8, 4) is 17.2 Å². The van der Waals surface area contributed by atoms with Crippen LogP contribution in [0.2, 0.25) is 0 Å². The highest BCUT2D eigenvalue weighted by molar-refractivity contribution is 5.99. The van der Waals surface area contributed by atoms with Gasteiger partial charge < -0.3 is 18.6 Å². The van der Waals surface area contributed by atoms with Gasteiger partial charge >= 0.3 is 0 Å². The number of benzene rings is 2. The second-order valence-electron chi connectivity index (χ2n) is 6.97. The molecule has 0 bridgehead atoms. The molecule has 0 spiro atoms. The van der Waals surface area contributed by atoms with Crippen molar-refractivity contribution in [2.24, 2.45) is 5.10 Å². The van der Waals surface area contributed by atoms with Gasteiger partial charge in [0.2, 0.25) is 6.23 Å². The van der Waals surface area contributed by atoms with Crippen molar-refractivity contribution >= 4 is 5.71 Å². The summed E-state index contributed by atoms with van der Waals surface area (Å²) in [7, 11) is 1.66. The topological polar surface area (TPSA) is 56.4 Å². The first-order chi connectivity index (χ1) is 14.3. The fraction of sp³-hybridized carbons (Fsp3) is 0.261. The lowest BCUT2D eigenvalue weighted by molar-refractivity contribution is -0.0212. The van der Waals surface area contributed by atoms with Crippen LogP contribution in [0.15, 0.2) is 70.4 Å². The lowest BCUT2D eigenvalue weighted by Gasteiger charge is -2.38. The third kappa shape index (κ3) is 3.01. The summed E-state index contributed by atoms with van der Waals surface area (Å²) in [6.07, 6.45) is 2.05. The molecule has 0 radical (unpaired) electrons. The molecular formula is C23H22N2O4. The third-order valence-corrected chi connectivity index (χ3v) is 5.29. The van der Waals surface area contributed by atoms with Crippen LogP contribution in [0.4, 0.5) is 0 Å². The van der Waals surface area contributed by atoms with E-state index in [2.05, 4.69) is 6.07 Å². The Balaban J connectivity index is 1.60. The van der Waals surface area contributed by atoms with E-state index in [-0.39, 0.29) is 12.3 Å². The zero-order valence-corrected chi connectivity index (χ0v) is 16.4. The molecule has 0 fully saturated rings. The minimum absolute atomic E-state index is 0.0476. The van der Waals surface area contributed by atoms with E-state index in [1.54, 1.807) is 13.4 Å². The van der Waals surface area contributed by atoms with Crippen molar-refractivity contribution in [2.45, 2.75) is 25.6 Å². The largest absolute Gasteiger partial charge is 0.497 e. The van der Waals surface area contributed by atoms with E-state index < -0.39 is 0 Å². The lowest BCUT2D eigenvalue weighted by atomic mass is 9.97. The van der Waals surface area contributed by atoms with Gasteiger partial charge in [-0.3, -0.25) is 0 Å². The van der Waals surface area contributed by atoms with Gasteiger partial charge in [0.25, 0.3) is 0 Å². The Morgan fingerprint density at radius 2 is 1.97 bits per heavy atom. The number of fused-ring (bicyclic) bond motifs is 3. The Hall–Kier alpha value is -3.41. The number of methoxy groups -OCH3 is 1. The van der Waals surface area contributed by atoms with E-state index in [1.165, 1.54) is 0 Å². The van der Waals surface area contributed by atoms with Crippen LogP contribution in [0.3, 0.4) is 0 Å². The molecule has 3 aromatic rings. The third-order valence-electron chi connectivity index (χ3n) is 5.29. The molecule has 1 aromatic heterocycles. The van der Waals surface area contributed by atoms with E-state index >= 15 is 0 Å². The summed E-state index contributed by atoms with van der Waals surface area (Å²) in [4.78, 5) is 0. The van der Waals surface area contributed by atoms with Gasteiger partial charge in [-0.25, -0.2) is 5.01 Å². The predicted molar refractivity (Wildman–Crippen MR) is 108 cm³/mol. The van der Waals surface area contributed by atoms with E-state index in [4.69, 9.17) is 23.7 Å². The van der Waals surface area contributed by atoms with Crippen molar-refractivity contribution < 1.29 is 18.6 Å². The molecule has 5 rings (SSSR count). The first-order valence-corrected chi connectivity index (χ1v) is 9.74. The molecule has 29 heavy (non-hydrogen) atoms. The van der Waals surface area contributed by atoms with Crippen LogP contribution in [0.5, 0.6) is 17.2 Å². The summed E-state index contributed by atoms with van der Waals surface area (Å²) in [5.74, 6) is 3.13. The number of rotatable bonds is 5. The molecule has 6 heteroatoms. The van der Waals surface area contributed by atoms with Crippen LogP contribution in [0, 0.1) is 0 Å². The average Bonchev–Trinajstić information content (AvgIpc) is 3.44. The second kappa shape index (κ2) is 7.20. The maximum Gasteiger partial charge on any atom is 0.214 e. The highest BCUT2D eigenvalue weighted by atomic mass is 16.5. The summed E-state index contributed by atoms with van der Waals surface area (Å²) in [5.41, 5.74) is 2.99. The minimum atomic E-state index is -0.368. The quantitative estimate of drug-likeness (QED) is 0.618. The second-order valence-corrected chi connectivity index (χ2v) is 6.97. The maximum atomic E-state index is 6.48. The van der Waals surface area contributed by atoms with Gasteiger partial charge in [-0.2, -0.15) is 5.10 Å². The van der Waals surface area contributed by atoms with Crippen LogP contribution < -0.4 is 14.2 Å². The highest BCUT2D eigenvalue weighted by Gasteiger charge is 2.42. The molecule has 2 aromatic carbocycles. The van der Waals surface area contributed by atoms with Gasteiger partial charge in [-0.1, -0.05) is 12.1 Å². The summed E-state index contributed by atoms with van der Waals surface area (Å²) in [6.45, 7) is 2.55. The van der Waals surface area contributed by atoms with E-state index in [1.807, 2.05) is 60.5 Å². The summed E-state index contributed by atoms with van der Waals surface area (Å²) in [6, 6.07) is 17.8. The van der Waals surface area contributed by atoms with Gasteiger partial charge in [0.05, 0.1) is 26.0 Å². The fourth-order valence-corrected chi connectivity index (χ4v) is 3.93. The normalized spacial score (nSPS) is 19.8. The van der Waals surface area contributed by atoms with Gasteiger partial charge in [0.15, 0.2) is 11.5 Å². The number of hydrogen-bond donors (Lipinski definition) is 0. The van der Waals surface area contributed by atoms with Crippen molar-refractivity contribution in [3.63, 3.8) is 0 Å². The fourth-order valence-electron chi connectivity index (χ4n) is 3.93. The molecular weight excluding hydrogens is 368 g/mol.